The second-order valence-electron chi connectivity index (χ2n) is 7.49. The number of carbonyl (C=O) groups is 2. The molecule has 6 nitrogen and oxygen atoms in total. The lowest BCUT2D eigenvalue weighted by Gasteiger charge is -2.28. The number of fused-ring (bicyclic) bond motifs is 1. The molecule has 0 bridgehead atoms. The average Bonchev–Trinajstić information content (AvgIpc) is 3.09. The zero-order valence-electron chi connectivity index (χ0n) is 19.8. The molecule has 1 unspecified atom stereocenters. The predicted molar refractivity (Wildman–Crippen MR) is 105 cm³/mol. The van der Waals surface area contributed by atoms with Crippen LogP contribution in [0.3, 0.4) is 0 Å². The molecule has 1 heterocycles. The maximum atomic E-state index is 13.9. The fourth-order valence-corrected chi connectivity index (χ4v) is 2.88. The van der Waals surface area contributed by atoms with Crippen molar-refractivity contribution in [3.05, 3.63) is 65.5 Å². The summed E-state index contributed by atoms with van der Waals surface area (Å²) in [5, 5.41) is 7.39. The Bertz CT molecular complexity index is 1210. The van der Waals surface area contributed by atoms with Gasteiger partial charge in [0.05, 0.1) is 17.5 Å². The second kappa shape index (κ2) is 7.42. The minimum atomic E-state index is -1.23. The summed E-state index contributed by atoms with van der Waals surface area (Å²) in [7, 11) is 0. The lowest BCUT2D eigenvalue weighted by Crippen LogP contribution is -2.52. The van der Waals surface area contributed by atoms with E-state index in [1.807, 2.05) is 0 Å². The van der Waals surface area contributed by atoms with Crippen molar-refractivity contribution in [1.29, 1.82) is 0 Å². The van der Waals surface area contributed by atoms with Crippen molar-refractivity contribution >= 4 is 22.7 Å². The molecule has 3 aromatic rings. The van der Waals surface area contributed by atoms with Gasteiger partial charge >= 0.3 is 0 Å². The number of amides is 2. The first kappa shape index (κ1) is 14.8. The normalized spacial score (nSPS) is 14.7. The molecule has 1 aromatic heterocycles. The third-order valence-corrected chi connectivity index (χ3v) is 4.25. The molecule has 0 fully saturated rings. The fourth-order valence-electron chi connectivity index (χ4n) is 2.88. The Morgan fingerprint density at radius 1 is 1.25 bits per heavy atom. The molecule has 146 valence electrons. The Morgan fingerprint density at radius 3 is 2.50 bits per heavy atom. The van der Waals surface area contributed by atoms with Crippen molar-refractivity contribution in [3.8, 4) is 0 Å². The fraction of sp³-hybridized carbons (Fsp3) is 0.286. The van der Waals surface area contributed by atoms with Crippen LogP contribution in [0, 0.1) is 11.2 Å². The summed E-state index contributed by atoms with van der Waals surface area (Å²) >= 11 is 0. The van der Waals surface area contributed by atoms with Crippen LogP contribution < -0.4 is 11.1 Å². The second-order valence-corrected chi connectivity index (χ2v) is 7.49. The van der Waals surface area contributed by atoms with Crippen molar-refractivity contribution in [3.63, 3.8) is 0 Å². The standard InChI is InChI=1S/C21H23FN4O2/c1-21(2,3)18(19(23)27)24-20(28)17-15-6-4-5-7-16(15)26(25-17)12-13-8-10-14(22)11-9-13/h4-11,18H,12H2,1-3H3,(H2,23,27)(H,24,28)/i8D,9D,10D,11D. The Kier molecular flexibility index (Phi) is 3.92. The van der Waals surface area contributed by atoms with E-state index in [1.54, 1.807) is 45.0 Å². The highest BCUT2D eigenvalue weighted by Gasteiger charge is 2.32. The Hall–Kier alpha value is -3.22. The molecule has 0 saturated carbocycles. The van der Waals surface area contributed by atoms with Crippen LogP contribution in [0.25, 0.3) is 10.9 Å². The maximum absolute atomic E-state index is 13.9. The molecule has 3 rings (SSSR count). The number of primary amides is 1. The van der Waals surface area contributed by atoms with E-state index in [0.717, 1.165) is 0 Å². The maximum Gasteiger partial charge on any atom is 0.273 e. The van der Waals surface area contributed by atoms with Crippen LogP contribution in [0.2, 0.25) is 0 Å². The number of benzene rings is 2. The number of rotatable bonds is 5. The number of nitrogens with two attached hydrogens (primary N) is 1. The van der Waals surface area contributed by atoms with E-state index in [1.165, 1.54) is 4.68 Å². The van der Waals surface area contributed by atoms with Crippen LogP contribution in [-0.4, -0.2) is 27.6 Å². The van der Waals surface area contributed by atoms with Gasteiger partial charge in [0.1, 0.15) is 11.9 Å². The SMILES string of the molecule is [2H]c1c([2H])c(Cn2nc(C(=O)NC(C(N)=O)C(C)(C)C)c3ccccc32)c([2H])c([2H])c1F. The van der Waals surface area contributed by atoms with Crippen molar-refractivity contribution in [2.45, 2.75) is 33.4 Å². The molecule has 0 spiro atoms. The summed E-state index contributed by atoms with van der Waals surface area (Å²) in [6.45, 7) is 5.06. The van der Waals surface area contributed by atoms with Gasteiger partial charge in [0.25, 0.3) is 5.91 Å². The van der Waals surface area contributed by atoms with Crippen molar-refractivity contribution in [2.75, 3.05) is 0 Å². The van der Waals surface area contributed by atoms with E-state index in [-0.39, 0.29) is 17.8 Å². The van der Waals surface area contributed by atoms with Crippen LogP contribution in [0.5, 0.6) is 0 Å². The Morgan fingerprint density at radius 2 is 1.89 bits per heavy atom. The summed E-state index contributed by atoms with van der Waals surface area (Å²) in [6, 6.07) is 3.21. The van der Waals surface area contributed by atoms with E-state index in [0.29, 0.717) is 10.9 Å². The monoisotopic (exact) mass is 386 g/mol. The first-order valence-corrected chi connectivity index (χ1v) is 8.65. The van der Waals surface area contributed by atoms with Gasteiger partial charge in [-0.05, 0) is 29.1 Å². The molecule has 1 atom stereocenters. The zero-order chi connectivity index (χ0) is 24.0. The Balaban J connectivity index is 2.08. The van der Waals surface area contributed by atoms with E-state index in [9.17, 15) is 14.0 Å². The van der Waals surface area contributed by atoms with Gasteiger partial charge in [-0.2, -0.15) is 5.10 Å². The van der Waals surface area contributed by atoms with Gasteiger partial charge in [0.15, 0.2) is 5.69 Å². The number of halogens is 1. The molecule has 0 radical (unpaired) electrons. The molecule has 0 aliphatic heterocycles. The van der Waals surface area contributed by atoms with Crippen LogP contribution in [0.1, 0.15) is 42.3 Å². The lowest BCUT2D eigenvalue weighted by atomic mass is 9.86. The molecule has 3 N–H and O–H groups in total. The number of hydrogen-bond acceptors (Lipinski definition) is 3. The number of carbonyl (C=O) groups excluding carboxylic acids is 2. The van der Waals surface area contributed by atoms with Crippen molar-refractivity contribution in [2.24, 2.45) is 11.1 Å². The summed E-state index contributed by atoms with van der Waals surface area (Å²) in [5.41, 5.74) is 5.26. The first-order valence-electron chi connectivity index (χ1n) is 10.6. The molecule has 28 heavy (non-hydrogen) atoms. The minimum absolute atomic E-state index is 0.00784. The lowest BCUT2D eigenvalue weighted by molar-refractivity contribution is -0.122. The number of nitrogens with zero attached hydrogens (tertiary/aromatic N) is 2. The molecule has 2 aromatic carbocycles. The van der Waals surface area contributed by atoms with Crippen LogP contribution >= 0.6 is 0 Å². The number of hydrogen-bond donors (Lipinski definition) is 2. The number of nitrogens with one attached hydrogen (secondary N) is 1. The van der Waals surface area contributed by atoms with Gasteiger partial charge in [0, 0.05) is 5.39 Å². The summed E-state index contributed by atoms with van der Waals surface area (Å²) in [6.07, 6.45) is 0. The largest absolute Gasteiger partial charge is 0.368 e. The highest BCUT2D eigenvalue weighted by molar-refractivity contribution is 6.06. The molecule has 0 aliphatic rings. The van der Waals surface area contributed by atoms with Crippen LogP contribution in [0.15, 0.2) is 48.4 Å². The van der Waals surface area contributed by atoms with Gasteiger partial charge in [-0.15, -0.1) is 0 Å². The van der Waals surface area contributed by atoms with E-state index in [2.05, 4.69) is 10.4 Å². The van der Waals surface area contributed by atoms with E-state index < -0.39 is 53.3 Å². The average molecular weight is 386 g/mol. The van der Waals surface area contributed by atoms with Crippen LogP contribution in [-0.2, 0) is 11.3 Å². The summed E-state index contributed by atoms with van der Waals surface area (Å²) in [4.78, 5) is 24.9. The molecule has 0 saturated heterocycles. The molecule has 7 heteroatoms. The predicted octanol–water partition coefficient (Wildman–Crippen LogP) is 2.85. The highest BCUT2D eigenvalue weighted by Crippen LogP contribution is 2.22. The van der Waals surface area contributed by atoms with Crippen molar-refractivity contribution in [1.82, 2.24) is 15.1 Å². The van der Waals surface area contributed by atoms with Crippen molar-refractivity contribution < 1.29 is 19.5 Å². The topological polar surface area (TPSA) is 90.0 Å². The quantitative estimate of drug-likeness (QED) is 0.706. The third-order valence-electron chi connectivity index (χ3n) is 4.25. The highest BCUT2D eigenvalue weighted by atomic mass is 19.1. The van der Waals surface area contributed by atoms with Gasteiger partial charge < -0.3 is 11.1 Å². The molecule has 0 aliphatic carbocycles. The van der Waals surface area contributed by atoms with Gasteiger partial charge in [0.2, 0.25) is 5.91 Å². The van der Waals surface area contributed by atoms with Gasteiger partial charge in [-0.3, -0.25) is 14.3 Å². The molecular formula is C21H23FN4O2. The van der Waals surface area contributed by atoms with Gasteiger partial charge in [-0.25, -0.2) is 4.39 Å². The minimum Gasteiger partial charge on any atom is -0.368 e. The third kappa shape index (κ3) is 4.03. The van der Waals surface area contributed by atoms with E-state index in [4.69, 9.17) is 11.2 Å². The summed E-state index contributed by atoms with van der Waals surface area (Å²) < 4.78 is 46.7. The van der Waals surface area contributed by atoms with Crippen LogP contribution in [0.4, 0.5) is 4.39 Å². The first-order chi connectivity index (χ1) is 14.8. The number of aromatic nitrogens is 2. The molecule has 2 amide bonds. The molecular weight excluding hydrogens is 359 g/mol. The summed E-state index contributed by atoms with van der Waals surface area (Å²) in [5.74, 6) is -2.55. The van der Waals surface area contributed by atoms with Gasteiger partial charge in [-0.1, -0.05) is 51.1 Å². The zero-order valence-corrected chi connectivity index (χ0v) is 15.8. The number of para-hydroxylation sites is 1. The smallest absolute Gasteiger partial charge is 0.273 e. The Labute approximate surface area is 168 Å². The van der Waals surface area contributed by atoms with E-state index >= 15 is 0 Å².